The third-order valence-corrected chi connectivity index (χ3v) is 10.0. The molecule has 49 heavy (non-hydrogen) atoms. The largest absolute Gasteiger partial charge is 0.461 e. The van der Waals surface area contributed by atoms with Crippen molar-refractivity contribution in [1.29, 1.82) is 0 Å². The average molecular weight is 713 g/mol. The minimum Gasteiger partial charge on any atom is -0.461 e. The summed E-state index contributed by atoms with van der Waals surface area (Å²) in [6.07, 6.45) is -4.98. The lowest BCUT2D eigenvalue weighted by molar-refractivity contribution is -0.140. The molecule has 0 spiro atoms. The molecule has 3 atom stereocenters. The van der Waals surface area contributed by atoms with Crippen LogP contribution >= 0.6 is 11.6 Å². The highest BCUT2D eigenvalue weighted by atomic mass is 35.5. The summed E-state index contributed by atoms with van der Waals surface area (Å²) >= 11 is 6.59. The van der Waals surface area contributed by atoms with E-state index in [0.29, 0.717) is 55.3 Å². The predicted molar refractivity (Wildman–Crippen MR) is 173 cm³/mol. The molecule has 2 saturated heterocycles. The number of halogens is 6. The van der Waals surface area contributed by atoms with E-state index >= 15 is 4.39 Å². The summed E-state index contributed by atoms with van der Waals surface area (Å²) in [5.74, 6) is -1.35. The van der Waals surface area contributed by atoms with Gasteiger partial charge in [0.25, 0.3) is 5.91 Å². The molecule has 0 aliphatic carbocycles. The molecule has 4 aliphatic heterocycles. The van der Waals surface area contributed by atoms with E-state index < -0.39 is 52.5 Å². The second-order valence-electron chi connectivity index (χ2n) is 13.1. The predicted octanol–water partition coefficient (Wildman–Crippen LogP) is 4.13. The fourth-order valence-corrected chi connectivity index (χ4v) is 7.36. The summed E-state index contributed by atoms with van der Waals surface area (Å²) in [6, 6.07) is 1.55. The number of likely N-dealkylation sites (N-methyl/N-ethyl adjacent to an activating group) is 1. The molecule has 0 radical (unpaired) electrons. The fraction of sp³-hybridized carbons (Fsp3) is 0.562. The summed E-state index contributed by atoms with van der Waals surface area (Å²) in [6.45, 7) is 1.79. The number of nitrogen functional groups attached to an aromatic ring is 1. The van der Waals surface area contributed by atoms with Crippen molar-refractivity contribution >= 4 is 34.7 Å². The maximum atomic E-state index is 15.3. The number of nitrogens with two attached hydrogens (primary N) is 2. The summed E-state index contributed by atoms with van der Waals surface area (Å²) in [4.78, 5) is 31.7. The van der Waals surface area contributed by atoms with E-state index in [0.717, 1.165) is 31.5 Å². The number of benzene rings is 1. The highest BCUT2D eigenvalue weighted by Gasteiger charge is 2.49. The Morgan fingerprint density at radius 2 is 2.00 bits per heavy atom. The van der Waals surface area contributed by atoms with Gasteiger partial charge in [-0.3, -0.25) is 14.7 Å². The van der Waals surface area contributed by atoms with Crippen LogP contribution < -0.4 is 21.1 Å². The minimum absolute atomic E-state index is 0.0134. The van der Waals surface area contributed by atoms with Crippen LogP contribution in [0.1, 0.15) is 54.2 Å². The lowest BCUT2D eigenvalue weighted by Gasteiger charge is -2.33. The first-order chi connectivity index (χ1) is 23.2. The van der Waals surface area contributed by atoms with Crippen LogP contribution in [0, 0.1) is 5.82 Å². The van der Waals surface area contributed by atoms with Crippen molar-refractivity contribution in [3.63, 3.8) is 0 Å². The molecule has 2 aromatic rings. The first-order valence-electron chi connectivity index (χ1n) is 16.0. The molecule has 6 rings (SSSR count). The van der Waals surface area contributed by atoms with Gasteiger partial charge in [0.05, 0.1) is 52.5 Å². The number of hydrogen-bond acceptors (Lipinski definition) is 10. The Kier molecular flexibility index (Phi) is 9.67. The van der Waals surface area contributed by atoms with Gasteiger partial charge in [-0.2, -0.15) is 23.1 Å². The number of aromatic nitrogens is 2. The van der Waals surface area contributed by atoms with Crippen molar-refractivity contribution in [3.05, 3.63) is 51.1 Å². The molecule has 1 aromatic heterocycles. The number of carbonyl (C=O) groups excluding carboxylic acids is 1. The van der Waals surface area contributed by atoms with E-state index in [1.54, 1.807) is 14.1 Å². The Balaban J connectivity index is 1.38. The fourth-order valence-electron chi connectivity index (χ4n) is 7.16. The highest BCUT2D eigenvalue weighted by molar-refractivity contribution is 6.45. The van der Waals surface area contributed by atoms with E-state index in [4.69, 9.17) is 37.5 Å². The first-order valence-corrected chi connectivity index (χ1v) is 16.4. The van der Waals surface area contributed by atoms with Crippen LogP contribution in [0.4, 0.5) is 33.5 Å². The van der Waals surface area contributed by atoms with Gasteiger partial charge in [0.15, 0.2) is 5.82 Å². The number of alkyl halides is 4. The van der Waals surface area contributed by atoms with Gasteiger partial charge in [0.2, 0.25) is 0 Å². The molecule has 11 nitrogen and oxygen atoms in total. The van der Waals surface area contributed by atoms with Gasteiger partial charge < -0.3 is 30.7 Å². The van der Waals surface area contributed by atoms with Crippen LogP contribution in [-0.2, 0) is 28.7 Å². The van der Waals surface area contributed by atoms with Crippen LogP contribution in [0.2, 0.25) is 0 Å². The Morgan fingerprint density at radius 1 is 1.22 bits per heavy atom. The molecule has 5 heterocycles. The zero-order chi connectivity index (χ0) is 35.2. The van der Waals surface area contributed by atoms with Crippen molar-refractivity contribution in [1.82, 2.24) is 19.8 Å². The van der Waals surface area contributed by atoms with Crippen LogP contribution in [0.5, 0.6) is 6.01 Å². The van der Waals surface area contributed by atoms with Gasteiger partial charge >= 0.3 is 12.2 Å². The van der Waals surface area contributed by atoms with Gasteiger partial charge in [0.1, 0.15) is 24.3 Å². The number of amides is 1. The molecule has 0 saturated carbocycles. The SMILES string of the molecule is CN(C)C(=O)/C(N)=C(\Cl)C1=NCCCN(c2nc(OC[C@@]34CCCN3C[C@H](F)C4)nc3c2COC(c2c(C(F)(F)F)ccc(N)c2F)C3)C1. The topological polar surface area (TPSA) is 135 Å². The van der Waals surface area contributed by atoms with Crippen molar-refractivity contribution in [2.24, 2.45) is 10.7 Å². The van der Waals surface area contributed by atoms with Gasteiger partial charge in [-0.05, 0) is 37.9 Å². The second kappa shape index (κ2) is 13.5. The molecule has 4 aliphatic rings. The van der Waals surface area contributed by atoms with Gasteiger partial charge in [-0.25, -0.2) is 8.78 Å². The zero-order valence-corrected chi connectivity index (χ0v) is 27.9. The lowest BCUT2D eigenvalue weighted by atomic mass is 9.93. The maximum absolute atomic E-state index is 15.3. The van der Waals surface area contributed by atoms with E-state index in [1.165, 1.54) is 4.90 Å². The quantitative estimate of drug-likeness (QED) is 0.247. The highest BCUT2D eigenvalue weighted by Crippen LogP contribution is 2.44. The summed E-state index contributed by atoms with van der Waals surface area (Å²) in [5, 5.41) is -0.0134. The number of nitrogens with zero attached hydrogens (tertiary/aromatic N) is 6. The number of ether oxygens (including phenoxy) is 2. The van der Waals surface area contributed by atoms with E-state index in [2.05, 4.69) is 14.9 Å². The van der Waals surface area contributed by atoms with E-state index in [1.807, 2.05) is 4.90 Å². The number of rotatable bonds is 7. The zero-order valence-electron chi connectivity index (χ0n) is 27.1. The maximum Gasteiger partial charge on any atom is 0.416 e. The van der Waals surface area contributed by atoms with Gasteiger partial charge in [0, 0.05) is 57.7 Å². The van der Waals surface area contributed by atoms with Crippen molar-refractivity contribution in [2.75, 3.05) is 64.1 Å². The molecule has 1 unspecified atom stereocenters. The van der Waals surface area contributed by atoms with E-state index in [9.17, 15) is 22.4 Å². The Labute approximate surface area is 285 Å². The van der Waals surface area contributed by atoms with Crippen molar-refractivity contribution in [2.45, 2.75) is 62.7 Å². The molecule has 1 aromatic carbocycles. The molecule has 4 N–H and O–H groups in total. The molecule has 266 valence electrons. The monoisotopic (exact) mass is 712 g/mol. The molecule has 2 fully saturated rings. The Morgan fingerprint density at radius 3 is 2.73 bits per heavy atom. The Hall–Kier alpha value is -3.76. The summed E-state index contributed by atoms with van der Waals surface area (Å²) in [5.41, 5.74) is 9.85. The van der Waals surface area contributed by atoms with Crippen LogP contribution in [0.15, 0.2) is 27.9 Å². The standard InChI is InChI=1S/C32H38ClF5N8O3/c1-44(2)29(47)27(40)25(33)22-14-45(9-4-8-41-22)28-18-15-48-23(24-19(32(36,37)38)5-6-20(39)26(24)35)11-21(18)42-30(43-28)49-16-31-7-3-10-46(31)13-17(34)12-31/h5-6,17,23H,3-4,7-16,39-40H2,1-2H3/b27-25+/t17-,23?,31+/m1/s1. The van der Waals surface area contributed by atoms with Crippen molar-refractivity contribution < 1.29 is 36.2 Å². The van der Waals surface area contributed by atoms with Crippen molar-refractivity contribution in [3.8, 4) is 6.01 Å². The van der Waals surface area contributed by atoms with Gasteiger partial charge in [-0.1, -0.05) is 11.6 Å². The van der Waals surface area contributed by atoms with Crippen LogP contribution in [-0.4, -0.2) is 96.5 Å². The normalized spacial score (nSPS) is 24.9. The minimum atomic E-state index is -4.87. The third-order valence-electron chi connectivity index (χ3n) is 9.58. The smallest absolute Gasteiger partial charge is 0.416 e. The van der Waals surface area contributed by atoms with Crippen LogP contribution in [0.25, 0.3) is 0 Å². The number of hydrogen-bond donors (Lipinski definition) is 2. The number of anilines is 2. The molecule has 17 heteroatoms. The molecule has 1 amide bonds. The summed E-state index contributed by atoms with van der Waals surface area (Å²) in [7, 11) is 3.08. The van der Waals surface area contributed by atoms with Gasteiger partial charge in [-0.15, -0.1) is 0 Å². The first kappa shape index (κ1) is 35.1. The Bertz CT molecular complexity index is 1690. The molecular formula is C32H38ClF5N8O3. The lowest BCUT2D eigenvalue weighted by Crippen LogP contribution is -2.43. The number of carbonyl (C=O) groups is 1. The van der Waals surface area contributed by atoms with E-state index in [-0.39, 0.29) is 42.9 Å². The summed E-state index contributed by atoms with van der Waals surface area (Å²) < 4.78 is 84.1. The average Bonchev–Trinajstić information content (AvgIpc) is 3.46. The van der Waals surface area contributed by atoms with Crippen LogP contribution in [0.3, 0.4) is 0 Å². The third kappa shape index (κ3) is 6.86. The number of aliphatic imine (C=N–C) groups is 1. The molecule has 0 bridgehead atoms. The second-order valence-corrected chi connectivity index (χ2v) is 13.5. The number of fused-ring (bicyclic) bond motifs is 2. The molecular weight excluding hydrogens is 675 g/mol.